The number of aryl methyl sites for hydroxylation is 1. The fourth-order valence-corrected chi connectivity index (χ4v) is 5.91. The van der Waals surface area contributed by atoms with Crippen LogP contribution in [0.15, 0.2) is 36.4 Å². The molecule has 0 bridgehead atoms. The zero-order valence-corrected chi connectivity index (χ0v) is 19.1. The van der Waals surface area contributed by atoms with E-state index >= 15 is 0 Å². The minimum atomic E-state index is -0.747. The van der Waals surface area contributed by atoms with Crippen LogP contribution in [-0.4, -0.2) is 30.4 Å². The summed E-state index contributed by atoms with van der Waals surface area (Å²) in [7, 11) is 0. The standard InChI is InChI=1S/C25H25N3O4S/c1-2-32-25(31)22-15-9-3-4-12-19(15)33-24(22)28-20(29)13-18-23(30)27-17-11-6-8-14-7-5-10-16(26-18)21(14)17/h5-8,10-11,18,26H,2-4,9,12-13H2,1H3,(H,27,30)(H,28,29). The average molecular weight is 464 g/mol. The van der Waals surface area contributed by atoms with Crippen molar-refractivity contribution in [3.63, 3.8) is 0 Å². The zero-order chi connectivity index (χ0) is 22.9. The minimum absolute atomic E-state index is 0.0684. The fraction of sp³-hybridized carbons (Fsp3) is 0.320. The minimum Gasteiger partial charge on any atom is -0.462 e. The number of esters is 1. The molecule has 3 aromatic rings. The summed E-state index contributed by atoms with van der Waals surface area (Å²) in [4.78, 5) is 39.7. The molecule has 1 aliphatic carbocycles. The van der Waals surface area contributed by atoms with Crippen molar-refractivity contribution in [2.24, 2.45) is 0 Å². The second-order valence-corrected chi connectivity index (χ2v) is 9.39. The lowest BCUT2D eigenvalue weighted by atomic mass is 9.95. The smallest absolute Gasteiger partial charge is 0.341 e. The van der Waals surface area contributed by atoms with E-state index in [1.165, 1.54) is 11.3 Å². The summed E-state index contributed by atoms with van der Waals surface area (Å²) in [6, 6.07) is 10.8. The molecular weight excluding hydrogens is 438 g/mol. The van der Waals surface area contributed by atoms with Crippen LogP contribution in [0.25, 0.3) is 10.8 Å². The third-order valence-corrected chi connectivity index (χ3v) is 7.31. The Labute approximate surface area is 195 Å². The highest BCUT2D eigenvalue weighted by atomic mass is 32.1. The van der Waals surface area contributed by atoms with Gasteiger partial charge in [-0.05, 0) is 55.7 Å². The normalized spacial score (nSPS) is 16.9. The highest BCUT2D eigenvalue weighted by Gasteiger charge is 2.30. The van der Waals surface area contributed by atoms with Crippen LogP contribution < -0.4 is 16.0 Å². The van der Waals surface area contributed by atoms with Gasteiger partial charge in [-0.25, -0.2) is 4.79 Å². The maximum atomic E-state index is 13.0. The molecule has 3 N–H and O–H groups in total. The van der Waals surface area contributed by atoms with Crippen LogP contribution in [0.3, 0.4) is 0 Å². The number of carbonyl (C=O) groups is 3. The summed E-state index contributed by atoms with van der Waals surface area (Å²) in [5.74, 6) is -1.01. The first-order chi connectivity index (χ1) is 16.0. The van der Waals surface area contributed by atoms with Crippen LogP contribution in [-0.2, 0) is 27.2 Å². The van der Waals surface area contributed by atoms with Gasteiger partial charge < -0.3 is 20.7 Å². The Balaban J connectivity index is 1.38. The van der Waals surface area contributed by atoms with Gasteiger partial charge in [-0.15, -0.1) is 11.3 Å². The number of hydrogen-bond donors (Lipinski definition) is 3. The van der Waals surface area contributed by atoms with E-state index in [4.69, 9.17) is 4.74 Å². The average Bonchev–Trinajstić information content (AvgIpc) is 3.10. The molecule has 2 aromatic carbocycles. The van der Waals surface area contributed by atoms with Crippen molar-refractivity contribution in [1.82, 2.24) is 0 Å². The van der Waals surface area contributed by atoms with Gasteiger partial charge in [0.25, 0.3) is 0 Å². The molecule has 0 saturated carbocycles. The molecule has 1 unspecified atom stereocenters. The van der Waals surface area contributed by atoms with E-state index in [9.17, 15) is 14.4 Å². The SMILES string of the molecule is CCOC(=O)c1c(NC(=O)CC2Nc3cccc4cccc(c34)NC2=O)sc2c1CCCC2. The summed E-state index contributed by atoms with van der Waals surface area (Å²) in [6.07, 6.45) is 3.73. The highest BCUT2D eigenvalue weighted by molar-refractivity contribution is 7.17. The number of hydrogen-bond acceptors (Lipinski definition) is 6. The quantitative estimate of drug-likeness (QED) is 0.476. The predicted molar refractivity (Wildman–Crippen MR) is 130 cm³/mol. The van der Waals surface area contributed by atoms with Gasteiger partial charge in [-0.3, -0.25) is 9.59 Å². The second kappa shape index (κ2) is 8.86. The van der Waals surface area contributed by atoms with E-state index in [0.29, 0.717) is 10.6 Å². The van der Waals surface area contributed by atoms with Crippen molar-refractivity contribution in [2.75, 3.05) is 22.6 Å². The monoisotopic (exact) mass is 463 g/mol. The molecule has 1 aliphatic heterocycles. The number of ether oxygens (including phenoxy) is 1. The first-order valence-electron chi connectivity index (χ1n) is 11.3. The van der Waals surface area contributed by atoms with Crippen LogP contribution in [0.2, 0.25) is 0 Å². The molecule has 8 heteroatoms. The molecule has 1 atom stereocenters. The van der Waals surface area contributed by atoms with Crippen LogP contribution in [0.1, 0.15) is 47.0 Å². The maximum absolute atomic E-state index is 13.0. The lowest BCUT2D eigenvalue weighted by Gasteiger charge is -2.16. The molecule has 1 aromatic heterocycles. The van der Waals surface area contributed by atoms with E-state index in [1.54, 1.807) is 6.92 Å². The topological polar surface area (TPSA) is 96.5 Å². The number of nitrogens with one attached hydrogen (secondary N) is 3. The summed E-state index contributed by atoms with van der Waals surface area (Å²) in [6.45, 7) is 2.04. The number of benzene rings is 2. The van der Waals surface area contributed by atoms with Crippen molar-refractivity contribution in [3.8, 4) is 0 Å². The van der Waals surface area contributed by atoms with Crippen molar-refractivity contribution >= 4 is 56.3 Å². The zero-order valence-electron chi connectivity index (χ0n) is 18.3. The molecule has 33 heavy (non-hydrogen) atoms. The summed E-state index contributed by atoms with van der Waals surface area (Å²) >= 11 is 1.44. The maximum Gasteiger partial charge on any atom is 0.341 e. The number of fused-ring (bicyclic) bond motifs is 1. The first kappa shape index (κ1) is 21.5. The number of amides is 2. The summed E-state index contributed by atoms with van der Waals surface area (Å²) < 4.78 is 5.27. The molecule has 2 amide bonds. The van der Waals surface area contributed by atoms with Crippen LogP contribution in [0.4, 0.5) is 16.4 Å². The van der Waals surface area contributed by atoms with Crippen molar-refractivity contribution in [3.05, 3.63) is 52.4 Å². The summed E-state index contributed by atoms with van der Waals surface area (Å²) in [5.41, 5.74) is 2.99. The Morgan fingerprint density at radius 1 is 1.12 bits per heavy atom. The van der Waals surface area contributed by atoms with E-state index in [2.05, 4.69) is 16.0 Å². The van der Waals surface area contributed by atoms with Gasteiger partial charge in [-0.2, -0.15) is 0 Å². The third kappa shape index (κ3) is 4.06. The van der Waals surface area contributed by atoms with Crippen LogP contribution in [0, 0.1) is 0 Å². The molecule has 170 valence electrons. The highest BCUT2D eigenvalue weighted by Crippen LogP contribution is 2.39. The third-order valence-electron chi connectivity index (χ3n) is 6.10. The molecule has 0 radical (unpaired) electrons. The van der Waals surface area contributed by atoms with E-state index in [1.807, 2.05) is 36.4 Å². The van der Waals surface area contributed by atoms with Crippen LogP contribution in [0.5, 0.6) is 0 Å². The van der Waals surface area contributed by atoms with Gasteiger partial charge in [0.15, 0.2) is 0 Å². The largest absolute Gasteiger partial charge is 0.462 e. The Hall–Kier alpha value is -3.39. The van der Waals surface area contributed by atoms with E-state index < -0.39 is 12.0 Å². The molecule has 5 rings (SSSR count). The van der Waals surface area contributed by atoms with Crippen molar-refractivity contribution in [1.29, 1.82) is 0 Å². The second-order valence-electron chi connectivity index (χ2n) is 8.28. The van der Waals surface area contributed by atoms with Gasteiger partial charge >= 0.3 is 5.97 Å². The van der Waals surface area contributed by atoms with Crippen LogP contribution >= 0.6 is 11.3 Å². The summed E-state index contributed by atoms with van der Waals surface area (Å²) in [5, 5.41) is 11.5. The molecule has 2 heterocycles. The molecule has 0 spiro atoms. The molecule has 2 aliphatic rings. The lowest BCUT2D eigenvalue weighted by molar-refractivity contribution is -0.121. The predicted octanol–water partition coefficient (Wildman–Crippen LogP) is 4.72. The molecule has 0 saturated heterocycles. The number of carbonyl (C=O) groups excluding carboxylic acids is 3. The van der Waals surface area contributed by atoms with Gasteiger partial charge in [0, 0.05) is 16.0 Å². The van der Waals surface area contributed by atoms with Crippen molar-refractivity contribution in [2.45, 2.75) is 45.1 Å². The van der Waals surface area contributed by atoms with Crippen molar-refractivity contribution < 1.29 is 19.1 Å². The van der Waals surface area contributed by atoms with E-state index in [0.717, 1.165) is 58.3 Å². The Morgan fingerprint density at radius 3 is 2.67 bits per heavy atom. The molecule has 7 nitrogen and oxygen atoms in total. The van der Waals surface area contributed by atoms with Gasteiger partial charge in [-0.1, -0.05) is 24.3 Å². The number of thiophene rings is 1. The van der Waals surface area contributed by atoms with Gasteiger partial charge in [0.05, 0.1) is 24.3 Å². The Morgan fingerprint density at radius 2 is 1.88 bits per heavy atom. The molecule has 0 fully saturated rings. The number of anilines is 3. The number of rotatable bonds is 5. The first-order valence-corrected chi connectivity index (χ1v) is 12.1. The van der Waals surface area contributed by atoms with Gasteiger partial charge in [0.2, 0.25) is 11.8 Å². The molecular formula is C25H25N3O4S. The Kier molecular flexibility index (Phi) is 5.76. The van der Waals surface area contributed by atoms with Gasteiger partial charge in [0.1, 0.15) is 11.0 Å². The lowest BCUT2D eigenvalue weighted by Crippen LogP contribution is -2.36. The fourth-order valence-electron chi connectivity index (χ4n) is 4.62. The van der Waals surface area contributed by atoms with E-state index in [-0.39, 0.29) is 24.8 Å². The Bertz CT molecular complexity index is 1260.